The fourth-order valence-corrected chi connectivity index (χ4v) is 2.31. The average molecular weight is 241 g/mol. The smallest absolute Gasteiger partial charge is 0.0802 e. The highest BCUT2D eigenvalue weighted by Gasteiger charge is 2.23. The first-order valence-corrected chi connectivity index (χ1v) is 6.19. The van der Waals surface area contributed by atoms with Gasteiger partial charge in [0.25, 0.3) is 0 Å². The molecule has 2 aromatic carbocycles. The standard InChI is InChI=1S/C16H19NO/c1-18-15(12-17)16(13-8-4-2-5-9-13)14-10-6-3-7-11-14/h2-11,15-16H,12,17H2,1H3. The van der Waals surface area contributed by atoms with E-state index in [-0.39, 0.29) is 12.0 Å². The Balaban J connectivity index is 2.41. The molecule has 0 saturated heterocycles. The minimum absolute atomic E-state index is 0.00481. The van der Waals surface area contributed by atoms with Gasteiger partial charge in [0.2, 0.25) is 0 Å². The number of benzene rings is 2. The van der Waals surface area contributed by atoms with Crippen LogP contribution in [0.25, 0.3) is 0 Å². The van der Waals surface area contributed by atoms with Crippen LogP contribution in [0, 0.1) is 0 Å². The van der Waals surface area contributed by atoms with Crippen molar-refractivity contribution in [3.8, 4) is 0 Å². The van der Waals surface area contributed by atoms with E-state index in [1.807, 2.05) is 12.1 Å². The van der Waals surface area contributed by atoms with Crippen molar-refractivity contribution in [2.24, 2.45) is 5.73 Å². The Hall–Kier alpha value is -1.64. The summed E-state index contributed by atoms with van der Waals surface area (Å²) in [6.45, 7) is 0.505. The van der Waals surface area contributed by atoms with Gasteiger partial charge in [-0.2, -0.15) is 0 Å². The molecule has 2 N–H and O–H groups in total. The molecule has 0 saturated carbocycles. The van der Waals surface area contributed by atoms with Crippen LogP contribution in [0.2, 0.25) is 0 Å². The highest BCUT2D eigenvalue weighted by molar-refractivity contribution is 5.33. The first kappa shape index (κ1) is 12.8. The van der Waals surface area contributed by atoms with E-state index >= 15 is 0 Å². The SMILES string of the molecule is COC(CN)C(c1ccccc1)c1ccccc1. The molecular formula is C16H19NO. The zero-order chi connectivity index (χ0) is 12.8. The molecule has 2 aromatic rings. The summed E-state index contributed by atoms with van der Waals surface area (Å²) in [6, 6.07) is 20.7. The molecule has 0 aromatic heterocycles. The molecule has 0 fully saturated rings. The van der Waals surface area contributed by atoms with Gasteiger partial charge in [-0.3, -0.25) is 0 Å². The maximum atomic E-state index is 5.83. The molecule has 0 heterocycles. The van der Waals surface area contributed by atoms with Crippen molar-refractivity contribution >= 4 is 0 Å². The second kappa shape index (κ2) is 6.34. The summed E-state index contributed by atoms with van der Waals surface area (Å²) < 4.78 is 5.55. The van der Waals surface area contributed by atoms with E-state index in [4.69, 9.17) is 10.5 Å². The van der Waals surface area contributed by atoms with Crippen LogP contribution in [0.3, 0.4) is 0 Å². The largest absolute Gasteiger partial charge is 0.379 e. The molecular weight excluding hydrogens is 222 g/mol. The van der Waals surface area contributed by atoms with E-state index in [9.17, 15) is 0 Å². The molecule has 1 atom stereocenters. The summed E-state index contributed by atoms with van der Waals surface area (Å²) in [5.41, 5.74) is 8.31. The predicted octanol–water partition coefficient (Wildman–Crippen LogP) is 2.79. The van der Waals surface area contributed by atoms with Crippen molar-refractivity contribution in [2.45, 2.75) is 12.0 Å². The normalized spacial score (nSPS) is 12.6. The summed E-state index contributed by atoms with van der Waals surface area (Å²) in [5.74, 6) is 0.183. The molecule has 2 nitrogen and oxygen atoms in total. The van der Waals surface area contributed by atoms with Gasteiger partial charge in [0, 0.05) is 19.6 Å². The Morgan fingerprint density at radius 3 is 1.67 bits per heavy atom. The maximum absolute atomic E-state index is 5.83. The number of hydrogen-bond donors (Lipinski definition) is 1. The van der Waals surface area contributed by atoms with Gasteiger partial charge in [-0.1, -0.05) is 60.7 Å². The van der Waals surface area contributed by atoms with Crippen LogP contribution in [0.15, 0.2) is 60.7 Å². The monoisotopic (exact) mass is 241 g/mol. The highest BCUT2D eigenvalue weighted by atomic mass is 16.5. The number of rotatable bonds is 5. The Kier molecular flexibility index (Phi) is 4.51. The third kappa shape index (κ3) is 2.78. The van der Waals surface area contributed by atoms with Crippen molar-refractivity contribution in [2.75, 3.05) is 13.7 Å². The van der Waals surface area contributed by atoms with Crippen molar-refractivity contribution in [3.05, 3.63) is 71.8 Å². The lowest BCUT2D eigenvalue weighted by atomic mass is 9.86. The van der Waals surface area contributed by atoms with Gasteiger partial charge < -0.3 is 10.5 Å². The highest BCUT2D eigenvalue weighted by Crippen LogP contribution is 2.28. The third-order valence-corrected chi connectivity index (χ3v) is 3.22. The number of hydrogen-bond acceptors (Lipinski definition) is 2. The first-order chi connectivity index (χ1) is 8.86. The minimum atomic E-state index is -0.00481. The molecule has 0 spiro atoms. The average Bonchev–Trinajstić information content (AvgIpc) is 2.46. The van der Waals surface area contributed by atoms with Gasteiger partial charge in [-0.25, -0.2) is 0 Å². The second-order valence-corrected chi connectivity index (χ2v) is 4.31. The molecule has 0 aliphatic rings. The molecule has 1 unspecified atom stereocenters. The van der Waals surface area contributed by atoms with Crippen LogP contribution < -0.4 is 5.73 Å². The third-order valence-electron chi connectivity index (χ3n) is 3.22. The molecule has 18 heavy (non-hydrogen) atoms. The first-order valence-electron chi connectivity index (χ1n) is 6.19. The molecule has 2 heteroatoms. The molecule has 0 amide bonds. The van der Waals surface area contributed by atoms with Crippen LogP contribution in [0.1, 0.15) is 17.0 Å². The number of methoxy groups -OCH3 is 1. The van der Waals surface area contributed by atoms with Gasteiger partial charge in [-0.05, 0) is 11.1 Å². The Morgan fingerprint density at radius 2 is 1.33 bits per heavy atom. The summed E-state index contributed by atoms with van der Waals surface area (Å²) in [7, 11) is 1.72. The van der Waals surface area contributed by atoms with Crippen LogP contribution in [-0.2, 0) is 4.74 Å². The molecule has 94 valence electrons. The topological polar surface area (TPSA) is 35.2 Å². The van der Waals surface area contributed by atoms with Gasteiger partial charge in [-0.15, -0.1) is 0 Å². The minimum Gasteiger partial charge on any atom is -0.379 e. The summed E-state index contributed by atoms with van der Waals surface area (Å²) in [5, 5.41) is 0. The predicted molar refractivity (Wildman–Crippen MR) is 74.6 cm³/mol. The van der Waals surface area contributed by atoms with E-state index in [1.54, 1.807) is 7.11 Å². The Labute approximate surface area is 108 Å². The van der Waals surface area contributed by atoms with E-state index in [0.717, 1.165) is 0 Å². The van der Waals surface area contributed by atoms with E-state index in [1.165, 1.54) is 11.1 Å². The quantitative estimate of drug-likeness (QED) is 0.873. The number of ether oxygens (including phenoxy) is 1. The number of nitrogens with two attached hydrogens (primary N) is 1. The molecule has 0 aliphatic heterocycles. The van der Waals surface area contributed by atoms with Crippen molar-refractivity contribution < 1.29 is 4.74 Å². The van der Waals surface area contributed by atoms with E-state index in [2.05, 4.69) is 48.5 Å². The fourth-order valence-electron chi connectivity index (χ4n) is 2.31. The lowest BCUT2D eigenvalue weighted by molar-refractivity contribution is 0.0958. The Morgan fingerprint density at radius 1 is 0.889 bits per heavy atom. The lowest BCUT2D eigenvalue weighted by Gasteiger charge is -2.26. The van der Waals surface area contributed by atoms with Gasteiger partial charge in [0.05, 0.1) is 6.10 Å². The van der Waals surface area contributed by atoms with E-state index in [0.29, 0.717) is 6.54 Å². The van der Waals surface area contributed by atoms with Crippen molar-refractivity contribution in [1.82, 2.24) is 0 Å². The Bertz CT molecular complexity index is 412. The fraction of sp³-hybridized carbons (Fsp3) is 0.250. The lowest BCUT2D eigenvalue weighted by Crippen LogP contribution is -2.30. The molecule has 0 aliphatic carbocycles. The van der Waals surface area contributed by atoms with Crippen LogP contribution in [0.4, 0.5) is 0 Å². The van der Waals surface area contributed by atoms with Gasteiger partial charge in [0.15, 0.2) is 0 Å². The molecule has 0 bridgehead atoms. The van der Waals surface area contributed by atoms with Crippen LogP contribution >= 0.6 is 0 Å². The van der Waals surface area contributed by atoms with Crippen molar-refractivity contribution in [3.63, 3.8) is 0 Å². The summed E-state index contributed by atoms with van der Waals surface area (Å²) in [6.07, 6.45) is -0.00481. The summed E-state index contributed by atoms with van der Waals surface area (Å²) in [4.78, 5) is 0. The van der Waals surface area contributed by atoms with E-state index < -0.39 is 0 Å². The van der Waals surface area contributed by atoms with Crippen molar-refractivity contribution in [1.29, 1.82) is 0 Å². The van der Waals surface area contributed by atoms with Gasteiger partial charge in [0.1, 0.15) is 0 Å². The second-order valence-electron chi connectivity index (χ2n) is 4.31. The van der Waals surface area contributed by atoms with Gasteiger partial charge >= 0.3 is 0 Å². The van der Waals surface area contributed by atoms with Crippen LogP contribution in [-0.4, -0.2) is 19.8 Å². The molecule has 2 rings (SSSR count). The molecule has 0 radical (unpaired) electrons. The van der Waals surface area contributed by atoms with Crippen LogP contribution in [0.5, 0.6) is 0 Å². The zero-order valence-electron chi connectivity index (χ0n) is 10.6. The zero-order valence-corrected chi connectivity index (χ0v) is 10.6. The summed E-state index contributed by atoms with van der Waals surface area (Å²) >= 11 is 0. The maximum Gasteiger partial charge on any atom is 0.0802 e.